The molecule has 0 aliphatic heterocycles. The number of hydrogen-bond acceptors (Lipinski definition) is 5. The molecule has 0 saturated heterocycles. The van der Waals surface area contributed by atoms with E-state index in [9.17, 15) is 25.1 Å². The van der Waals surface area contributed by atoms with Crippen molar-refractivity contribution in [1.29, 1.82) is 0 Å². The largest absolute Gasteiger partial charge is 0.504 e. The van der Waals surface area contributed by atoms with Gasteiger partial charge in [-0.05, 0) is 22.9 Å². The fourth-order valence-electron chi connectivity index (χ4n) is 2.37. The zero-order chi connectivity index (χ0) is 16.6. The number of nitro benzene ring substituents is 1. The van der Waals surface area contributed by atoms with Crippen LogP contribution in [0.1, 0.15) is 15.9 Å². The molecule has 0 saturated carbocycles. The van der Waals surface area contributed by atoms with Gasteiger partial charge in [0.1, 0.15) is 0 Å². The number of benzene rings is 3. The van der Waals surface area contributed by atoms with Crippen LogP contribution in [0.4, 0.5) is 5.69 Å². The van der Waals surface area contributed by atoms with E-state index in [4.69, 9.17) is 0 Å². The van der Waals surface area contributed by atoms with Crippen molar-refractivity contribution in [2.24, 2.45) is 0 Å². The first-order valence-electron chi connectivity index (χ1n) is 6.71. The average Bonchev–Trinajstić information content (AvgIpc) is 2.55. The van der Waals surface area contributed by atoms with Gasteiger partial charge in [0, 0.05) is 17.2 Å². The van der Waals surface area contributed by atoms with Crippen LogP contribution in [0.15, 0.2) is 54.6 Å². The van der Waals surface area contributed by atoms with Crippen molar-refractivity contribution >= 4 is 22.2 Å². The second-order valence-electron chi connectivity index (χ2n) is 5.01. The molecular formula is C17H11NO5. The molecule has 3 aromatic carbocycles. The lowest BCUT2D eigenvalue weighted by atomic mass is 9.99. The van der Waals surface area contributed by atoms with Crippen LogP contribution < -0.4 is 0 Å². The molecule has 114 valence electrons. The van der Waals surface area contributed by atoms with Gasteiger partial charge in [-0.2, -0.15) is 0 Å². The Morgan fingerprint density at radius 3 is 2.30 bits per heavy atom. The molecule has 0 radical (unpaired) electrons. The first-order chi connectivity index (χ1) is 11.0. The number of nitrogens with zero attached hydrogens (tertiary/aromatic N) is 1. The average molecular weight is 309 g/mol. The molecule has 0 aliphatic carbocycles. The van der Waals surface area contributed by atoms with Gasteiger partial charge in [0.15, 0.2) is 11.5 Å². The van der Waals surface area contributed by atoms with E-state index in [1.165, 1.54) is 0 Å². The van der Waals surface area contributed by atoms with Gasteiger partial charge in [0.25, 0.3) is 0 Å². The van der Waals surface area contributed by atoms with Crippen LogP contribution in [-0.2, 0) is 0 Å². The molecule has 0 atom stereocenters. The van der Waals surface area contributed by atoms with Crippen LogP contribution in [0.5, 0.6) is 11.5 Å². The van der Waals surface area contributed by atoms with E-state index in [0.717, 1.165) is 22.9 Å². The fourth-order valence-corrected chi connectivity index (χ4v) is 2.37. The highest BCUT2D eigenvalue weighted by Crippen LogP contribution is 2.36. The van der Waals surface area contributed by atoms with Crippen LogP contribution in [0.3, 0.4) is 0 Å². The maximum Gasteiger partial charge on any atom is 0.315 e. The Morgan fingerprint density at radius 1 is 0.913 bits per heavy atom. The maximum absolute atomic E-state index is 12.5. The summed E-state index contributed by atoms with van der Waals surface area (Å²) in [4.78, 5) is 22.5. The molecule has 0 unspecified atom stereocenters. The summed E-state index contributed by atoms with van der Waals surface area (Å²) >= 11 is 0. The van der Waals surface area contributed by atoms with Gasteiger partial charge in [-0.25, -0.2) is 0 Å². The molecule has 0 aliphatic rings. The number of ketones is 1. The van der Waals surface area contributed by atoms with Crippen molar-refractivity contribution < 1.29 is 19.9 Å². The number of phenols is 2. The summed E-state index contributed by atoms with van der Waals surface area (Å²) in [7, 11) is 0. The van der Waals surface area contributed by atoms with Gasteiger partial charge in [-0.15, -0.1) is 0 Å². The molecule has 2 N–H and O–H groups in total. The van der Waals surface area contributed by atoms with Crippen molar-refractivity contribution in [2.45, 2.75) is 0 Å². The zero-order valence-electron chi connectivity index (χ0n) is 11.8. The Labute approximate surface area is 130 Å². The highest BCUT2D eigenvalue weighted by atomic mass is 16.6. The standard InChI is InChI=1S/C17H11NO5/c19-15-9-13(8-14(17(15)21)18(22)23)16(20)12-6-5-10-3-1-2-4-11(10)7-12/h1-9,19,21H. The highest BCUT2D eigenvalue weighted by Gasteiger charge is 2.22. The number of aromatic hydroxyl groups is 2. The molecule has 3 aromatic rings. The Balaban J connectivity index is 2.10. The highest BCUT2D eigenvalue weighted by molar-refractivity contribution is 6.11. The Morgan fingerprint density at radius 2 is 1.61 bits per heavy atom. The van der Waals surface area contributed by atoms with Gasteiger partial charge in [-0.1, -0.05) is 36.4 Å². The molecule has 0 bridgehead atoms. The lowest BCUT2D eigenvalue weighted by molar-refractivity contribution is -0.386. The van der Waals surface area contributed by atoms with E-state index >= 15 is 0 Å². The van der Waals surface area contributed by atoms with Crippen molar-refractivity contribution in [2.75, 3.05) is 0 Å². The van der Waals surface area contributed by atoms with Gasteiger partial charge in [-0.3, -0.25) is 14.9 Å². The molecule has 0 aromatic heterocycles. The summed E-state index contributed by atoms with van der Waals surface area (Å²) in [5.74, 6) is -2.04. The van der Waals surface area contributed by atoms with Crippen LogP contribution in [0.2, 0.25) is 0 Å². The van der Waals surface area contributed by atoms with Crippen LogP contribution >= 0.6 is 0 Å². The minimum absolute atomic E-state index is 0.0673. The fraction of sp³-hybridized carbons (Fsp3) is 0. The third kappa shape index (κ3) is 2.57. The normalized spacial score (nSPS) is 10.6. The Bertz CT molecular complexity index is 949. The topological polar surface area (TPSA) is 101 Å². The second-order valence-corrected chi connectivity index (χ2v) is 5.01. The number of carbonyl (C=O) groups excluding carboxylic acids is 1. The van der Waals surface area contributed by atoms with Crippen LogP contribution in [0.25, 0.3) is 10.8 Å². The lowest BCUT2D eigenvalue weighted by Crippen LogP contribution is -2.02. The summed E-state index contributed by atoms with van der Waals surface area (Å²) in [5, 5.41) is 31.8. The number of nitro groups is 1. The van der Waals surface area contributed by atoms with E-state index in [2.05, 4.69) is 0 Å². The monoisotopic (exact) mass is 309 g/mol. The first kappa shape index (κ1) is 14.5. The number of hydrogen-bond donors (Lipinski definition) is 2. The van der Waals surface area contributed by atoms with Crippen molar-refractivity contribution in [1.82, 2.24) is 0 Å². The van der Waals surface area contributed by atoms with Gasteiger partial charge >= 0.3 is 5.69 Å². The smallest absolute Gasteiger partial charge is 0.315 e. The molecule has 0 heterocycles. The van der Waals surface area contributed by atoms with E-state index in [-0.39, 0.29) is 5.56 Å². The predicted octanol–water partition coefficient (Wildman–Crippen LogP) is 3.39. The summed E-state index contributed by atoms with van der Waals surface area (Å²) in [5.41, 5.74) is -0.445. The molecular weight excluding hydrogens is 298 g/mol. The van der Waals surface area contributed by atoms with Crippen molar-refractivity contribution in [3.63, 3.8) is 0 Å². The zero-order valence-corrected chi connectivity index (χ0v) is 11.8. The first-order valence-corrected chi connectivity index (χ1v) is 6.71. The molecule has 0 spiro atoms. The third-order valence-corrected chi connectivity index (χ3v) is 3.54. The summed E-state index contributed by atoms with van der Waals surface area (Å²) in [6.45, 7) is 0. The van der Waals surface area contributed by atoms with E-state index in [1.807, 2.05) is 24.3 Å². The Hall–Kier alpha value is -3.41. The van der Waals surface area contributed by atoms with Crippen molar-refractivity contribution in [3.05, 3.63) is 75.8 Å². The summed E-state index contributed by atoms with van der Waals surface area (Å²) in [6, 6.07) is 14.5. The number of carbonyl (C=O) groups is 1. The quantitative estimate of drug-likeness (QED) is 0.334. The maximum atomic E-state index is 12.5. The predicted molar refractivity (Wildman–Crippen MR) is 83.8 cm³/mol. The second kappa shape index (κ2) is 5.42. The van der Waals surface area contributed by atoms with E-state index < -0.39 is 27.9 Å². The third-order valence-electron chi connectivity index (χ3n) is 3.54. The van der Waals surface area contributed by atoms with Crippen molar-refractivity contribution in [3.8, 4) is 11.5 Å². The molecule has 0 fully saturated rings. The molecule has 6 nitrogen and oxygen atoms in total. The minimum Gasteiger partial charge on any atom is -0.504 e. The summed E-state index contributed by atoms with van der Waals surface area (Å²) < 4.78 is 0. The molecule has 3 rings (SSSR count). The Kier molecular flexibility index (Phi) is 3.42. The SMILES string of the molecule is O=C(c1cc(O)c(O)c([N+](=O)[O-])c1)c1ccc2ccccc2c1. The van der Waals surface area contributed by atoms with E-state index in [1.54, 1.807) is 18.2 Å². The van der Waals surface area contributed by atoms with Gasteiger partial charge in [0.05, 0.1) is 4.92 Å². The van der Waals surface area contributed by atoms with E-state index in [0.29, 0.717) is 5.56 Å². The number of phenolic OH excluding ortho intramolecular Hbond substituents is 2. The molecule has 6 heteroatoms. The minimum atomic E-state index is -0.856. The molecule has 0 amide bonds. The number of rotatable bonds is 3. The summed E-state index contributed by atoms with van der Waals surface area (Å²) in [6.07, 6.45) is 0. The van der Waals surface area contributed by atoms with Gasteiger partial charge in [0.2, 0.25) is 5.75 Å². The van der Waals surface area contributed by atoms with Crippen LogP contribution in [0, 0.1) is 10.1 Å². The molecule has 23 heavy (non-hydrogen) atoms. The van der Waals surface area contributed by atoms with Crippen LogP contribution in [-0.4, -0.2) is 20.9 Å². The lowest BCUT2D eigenvalue weighted by Gasteiger charge is -2.06. The number of fused-ring (bicyclic) bond motifs is 1. The van der Waals surface area contributed by atoms with Gasteiger partial charge < -0.3 is 10.2 Å².